The van der Waals surface area contributed by atoms with Gasteiger partial charge in [0.25, 0.3) is 0 Å². The average molecular weight is 243 g/mol. The number of carbonyl (C=O) groups is 2. The molecule has 0 aliphatic heterocycles. The summed E-state index contributed by atoms with van der Waals surface area (Å²) < 4.78 is 4.73. The van der Waals surface area contributed by atoms with E-state index < -0.39 is 12.1 Å². The monoisotopic (exact) mass is 243 g/mol. The number of hydrogen-bond acceptors (Lipinski definition) is 3. The van der Waals surface area contributed by atoms with Gasteiger partial charge >= 0.3 is 5.97 Å². The van der Waals surface area contributed by atoms with Crippen LogP contribution >= 0.6 is 0 Å². The molecule has 1 unspecified atom stereocenters. The predicted molar refractivity (Wildman–Crippen MR) is 62.6 cm³/mol. The van der Waals surface area contributed by atoms with Crippen LogP contribution in [0.15, 0.2) is 0 Å². The van der Waals surface area contributed by atoms with Crippen molar-refractivity contribution in [3.63, 3.8) is 0 Å². The van der Waals surface area contributed by atoms with E-state index in [-0.39, 0.29) is 12.5 Å². The lowest BCUT2D eigenvalue weighted by molar-refractivity contribution is -0.148. The molecule has 1 fully saturated rings. The first-order valence-corrected chi connectivity index (χ1v) is 6.15. The van der Waals surface area contributed by atoms with Crippen LogP contribution in [0.2, 0.25) is 0 Å². The number of carboxylic acids is 1. The minimum absolute atomic E-state index is 0.0370. The van der Waals surface area contributed by atoms with Gasteiger partial charge in [0, 0.05) is 13.5 Å². The number of carbonyl (C=O) groups excluding carboxylic acids is 1. The summed E-state index contributed by atoms with van der Waals surface area (Å²) in [5, 5.41) is 11.3. The van der Waals surface area contributed by atoms with E-state index in [1.807, 2.05) is 0 Å². The Balaban J connectivity index is 2.13. The molecule has 0 saturated heterocycles. The van der Waals surface area contributed by atoms with E-state index in [0.29, 0.717) is 12.3 Å². The fraction of sp³-hybridized carbons (Fsp3) is 0.833. The van der Waals surface area contributed by atoms with E-state index in [9.17, 15) is 9.59 Å². The summed E-state index contributed by atoms with van der Waals surface area (Å²) in [5.41, 5.74) is 0. The fourth-order valence-corrected chi connectivity index (χ4v) is 2.20. The highest BCUT2D eigenvalue weighted by Crippen LogP contribution is 2.28. The molecule has 0 bridgehead atoms. The van der Waals surface area contributed by atoms with Gasteiger partial charge in [-0.3, -0.25) is 4.79 Å². The molecule has 5 nitrogen and oxygen atoms in total. The molecular weight excluding hydrogens is 222 g/mol. The van der Waals surface area contributed by atoms with Gasteiger partial charge in [-0.2, -0.15) is 0 Å². The second kappa shape index (κ2) is 7.27. The van der Waals surface area contributed by atoms with Crippen LogP contribution < -0.4 is 5.32 Å². The van der Waals surface area contributed by atoms with Gasteiger partial charge in [-0.15, -0.1) is 0 Å². The van der Waals surface area contributed by atoms with Crippen LogP contribution in [-0.4, -0.2) is 36.7 Å². The van der Waals surface area contributed by atoms with E-state index in [0.717, 1.165) is 6.42 Å². The Morgan fingerprint density at radius 3 is 2.59 bits per heavy atom. The Bertz CT molecular complexity index is 261. The van der Waals surface area contributed by atoms with E-state index >= 15 is 0 Å². The van der Waals surface area contributed by atoms with Crippen LogP contribution in [-0.2, 0) is 14.3 Å². The number of rotatable bonds is 7. The number of methoxy groups -OCH3 is 1. The van der Waals surface area contributed by atoms with Crippen LogP contribution in [0.4, 0.5) is 0 Å². The molecule has 1 saturated carbocycles. The zero-order valence-corrected chi connectivity index (χ0v) is 10.3. The topological polar surface area (TPSA) is 75.6 Å². The Morgan fingerprint density at radius 1 is 1.41 bits per heavy atom. The van der Waals surface area contributed by atoms with Crippen LogP contribution in [0.5, 0.6) is 0 Å². The van der Waals surface area contributed by atoms with E-state index in [4.69, 9.17) is 9.84 Å². The molecular formula is C12H21NO4. The van der Waals surface area contributed by atoms with Crippen LogP contribution in [0.1, 0.15) is 38.5 Å². The van der Waals surface area contributed by atoms with E-state index in [1.165, 1.54) is 32.8 Å². The molecule has 1 aliphatic carbocycles. The van der Waals surface area contributed by atoms with Crippen LogP contribution in [0, 0.1) is 5.92 Å². The molecule has 0 radical (unpaired) electrons. The SMILES string of the molecule is COC(CNC(=O)CCC1CCCC1)C(=O)O. The van der Waals surface area contributed by atoms with Gasteiger partial charge in [0.05, 0.1) is 6.54 Å². The zero-order chi connectivity index (χ0) is 12.7. The number of carboxylic acid groups (broad SMARTS) is 1. The highest BCUT2D eigenvalue weighted by Gasteiger charge is 2.19. The van der Waals surface area contributed by atoms with Crippen molar-refractivity contribution in [3.8, 4) is 0 Å². The molecule has 0 aromatic rings. The number of ether oxygens (including phenoxy) is 1. The van der Waals surface area contributed by atoms with Gasteiger partial charge < -0.3 is 15.2 Å². The summed E-state index contributed by atoms with van der Waals surface area (Å²) in [6.45, 7) is 0.0370. The number of nitrogens with one attached hydrogen (secondary N) is 1. The van der Waals surface area contributed by atoms with E-state index in [1.54, 1.807) is 0 Å². The molecule has 0 aromatic heterocycles. The van der Waals surface area contributed by atoms with Crippen molar-refractivity contribution < 1.29 is 19.4 Å². The Labute approximate surface area is 102 Å². The molecule has 17 heavy (non-hydrogen) atoms. The third-order valence-electron chi connectivity index (χ3n) is 3.30. The summed E-state index contributed by atoms with van der Waals surface area (Å²) in [4.78, 5) is 22.1. The molecule has 5 heteroatoms. The molecule has 98 valence electrons. The highest BCUT2D eigenvalue weighted by atomic mass is 16.5. The fourth-order valence-electron chi connectivity index (χ4n) is 2.20. The van der Waals surface area contributed by atoms with Gasteiger partial charge in [0.2, 0.25) is 5.91 Å². The van der Waals surface area contributed by atoms with Gasteiger partial charge in [-0.1, -0.05) is 25.7 Å². The molecule has 1 rings (SSSR count). The maximum Gasteiger partial charge on any atom is 0.334 e. The molecule has 1 aliphatic rings. The highest BCUT2D eigenvalue weighted by molar-refractivity contribution is 5.78. The number of amides is 1. The van der Waals surface area contributed by atoms with E-state index in [2.05, 4.69) is 5.32 Å². The summed E-state index contributed by atoms with van der Waals surface area (Å²) in [6, 6.07) is 0. The Hall–Kier alpha value is -1.10. The Kier molecular flexibility index (Phi) is 5.97. The molecule has 1 atom stereocenters. The third-order valence-corrected chi connectivity index (χ3v) is 3.30. The van der Waals surface area contributed by atoms with Crippen molar-refractivity contribution in [1.29, 1.82) is 0 Å². The first-order valence-electron chi connectivity index (χ1n) is 6.15. The van der Waals surface area contributed by atoms with Crippen molar-refractivity contribution in [2.24, 2.45) is 5.92 Å². The minimum atomic E-state index is -1.05. The summed E-state index contributed by atoms with van der Waals surface area (Å²) in [5.74, 6) is -0.456. The molecule has 0 heterocycles. The molecule has 1 amide bonds. The van der Waals surface area contributed by atoms with Crippen LogP contribution in [0.3, 0.4) is 0 Å². The summed E-state index contributed by atoms with van der Waals surface area (Å²) in [6.07, 6.45) is 5.45. The van der Waals surface area contributed by atoms with Gasteiger partial charge in [0.1, 0.15) is 0 Å². The predicted octanol–water partition coefficient (Wildman–Crippen LogP) is 1.17. The Morgan fingerprint density at radius 2 is 2.06 bits per heavy atom. The van der Waals surface area contributed by atoms with Gasteiger partial charge in [0.15, 0.2) is 6.10 Å². The average Bonchev–Trinajstić information content (AvgIpc) is 2.79. The lowest BCUT2D eigenvalue weighted by atomic mass is 10.0. The lowest BCUT2D eigenvalue weighted by Crippen LogP contribution is -2.37. The first-order chi connectivity index (χ1) is 8.13. The summed E-state index contributed by atoms with van der Waals surface area (Å²) >= 11 is 0. The zero-order valence-electron chi connectivity index (χ0n) is 10.3. The number of hydrogen-bond donors (Lipinski definition) is 2. The maximum atomic E-state index is 11.5. The molecule has 2 N–H and O–H groups in total. The van der Waals surface area contributed by atoms with Crippen molar-refractivity contribution in [3.05, 3.63) is 0 Å². The van der Waals surface area contributed by atoms with Crippen molar-refractivity contribution in [1.82, 2.24) is 5.32 Å². The van der Waals surface area contributed by atoms with Gasteiger partial charge in [-0.25, -0.2) is 4.79 Å². The quantitative estimate of drug-likeness (QED) is 0.704. The molecule has 0 aromatic carbocycles. The smallest absolute Gasteiger partial charge is 0.334 e. The maximum absolute atomic E-state index is 11.5. The molecule has 0 spiro atoms. The minimum Gasteiger partial charge on any atom is -0.479 e. The first kappa shape index (κ1) is 14.0. The second-order valence-electron chi connectivity index (χ2n) is 4.56. The second-order valence-corrected chi connectivity index (χ2v) is 4.56. The summed E-state index contributed by atoms with van der Waals surface area (Å²) in [7, 11) is 1.32. The standard InChI is InChI=1S/C12H21NO4/c1-17-10(12(15)16)8-13-11(14)7-6-9-4-2-3-5-9/h9-10H,2-8H2,1H3,(H,13,14)(H,15,16). The van der Waals surface area contributed by atoms with Crippen molar-refractivity contribution >= 4 is 11.9 Å². The van der Waals surface area contributed by atoms with Crippen molar-refractivity contribution in [2.45, 2.75) is 44.6 Å². The third kappa shape index (κ3) is 5.17. The van der Waals surface area contributed by atoms with Crippen molar-refractivity contribution in [2.75, 3.05) is 13.7 Å². The van der Waals surface area contributed by atoms with Gasteiger partial charge in [-0.05, 0) is 12.3 Å². The number of aliphatic carboxylic acids is 1. The van der Waals surface area contributed by atoms with Crippen LogP contribution in [0.25, 0.3) is 0 Å². The largest absolute Gasteiger partial charge is 0.479 e. The lowest BCUT2D eigenvalue weighted by Gasteiger charge is -2.12. The normalized spacial score (nSPS) is 17.9.